The molecule has 0 saturated heterocycles. The number of rotatable bonds is 7. The number of anilines is 1. The number of methoxy groups -OCH3 is 1. The number of amides is 1. The highest BCUT2D eigenvalue weighted by Gasteiger charge is 2.09. The molecule has 1 N–H and O–H groups in total. The van der Waals surface area contributed by atoms with Crippen LogP contribution in [0.15, 0.2) is 46.2 Å². The summed E-state index contributed by atoms with van der Waals surface area (Å²) in [6.45, 7) is 4.08. The van der Waals surface area contributed by atoms with Gasteiger partial charge in [-0.1, -0.05) is 17.7 Å². The zero-order valence-corrected chi connectivity index (χ0v) is 17.3. The molecule has 0 aliphatic rings. The Morgan fingerprint density at radius 1 is 1.24 bits per heavy atom. The van der Waals surface area contributed by atoms with Gasteiger partial charge >= 0.3 is 5.97 Å². The summed E-state index contributed by atoms with van der Waals surface area (Å²) in [4.78, 5) is 27.9. The van der Waals surface area contributed by atoms with Crippen molar-refractivity contribution in [2.75, 3.05) is 12.4 Å². The predicted molar refractivity (Wildman–Crippen MR) is 114 cm³/mol. The summed E-state index contributed by atoms with van der Waals surface area (Å²) >= 11 is 1.38. The molecule has 6 nitrogen and oxygen atoms in total. The Morgan fingerprint density at radius 3 is 2.86 bits per heavy atom. The number of carbonyl (C=O) groups excluding carboxylic acids is 2. The molecule has 0 saturated carbocycles. The van der Waals surface area contributed by atoms with Gasteiger partial charge in [-0.15, -0.1) is 11.3 Å². The molecule has 0 bridgehead atoms. The van der Waals surface area contributed by atoms with Crippen LogP contribution in [0.2, 0.25) is 0 Å². The van der Waals surface area contributed by atoms with Crippen LogP contribution in [0.5, 0.6) is 0 Å². The van der Waals surface area contributed by atoms with Crippen LogP contribution in [-0.4, -0.2) is 24.0 Å². The fourth-order valence-electron chi connectivity index (χ4n) is 2.72. The summed E-state index contributed by atoms with van der Waals surface area (Å²) in [6.07, 6.45) is 3.67. The summed E-state index contributed by atoms with van der Waals surface area (Å²) in [5.41, 5.74) is 4.21. The maximum absolute atomic E-state index is 12.2. The Bertz CT molecular complexity index is 1050. The number of hydrogen-bond donors (Lipinski definition) is 1. The number of benzene rings is 1. The van der Waals surface area contributed by atoms with Crippen LogP contribution < -0.4 is 5.32 Å². The third-order valence-corrected chi connectivity index (χ3v) is 5.05. The zero-order chi connectivity index (χ0) is 20.8. The minimum absolute atomic E-state index is 0.250. The first kappa shape index (κ1) is 20.5. The Balaban J connectivity index is 1.59. The first-order valence-electron chi connectivity index (χ1n) is 9.12. The van der Waals surface area contributed by atoms with Crippen molar-refractivity contribution in [3.63, 3.8) is 0 Å². The van der Waals surface area contributed by atoms with Gasteiger partial charge < -0.3 is 9.15 Å². The van der Waals surface area contributed by atoms with E-state index in [2.05, 4.69) is 33.2 Å². The van der Waals surface area contributed by atoms with Crippen molar-refractivity contribution in [2.24, 2.45) is 0 Å². The van der Waals surface area contributed by atoms with Gasteiger partial charge in [0.2, 0.25) is 5.91 Å². The van der Waals surface area contributed by atoms with Crippen molar-refractivity contribution in [3.8, 4) is 11.3 Å². The van der Waals surface area contributed by atoms with Crippen LogP contribution in [-0.2, 0) is 20.7 Å². The van der Waals surface area contributed by atoms with Gasteiger partial charge in [0.1, 0.15) is 11.5 Å². The molecule has 0 atom stereocenters. The van der Waals surface area contributed by atoms with Gasteiger partial charge in [0.15, 0.2) is 5.13 Å². The van der Waals surface area contributed by atoms with E-state index in [0.29, 0.717) is 23.1 Å². The molecule has 0 spiro atoms. The van der Waals surface area contributed by atoms with Crippen molar-refractivity contribution in [2.45, 2.75) is 26.7 Å². The summed E-state index contributed by atoms with van der Waals surface area (Å²) in [5.74, 6) is 0.615. The average molecular weight is 410 g/mol. The van der Waals surface area contributed by atoms with Crippen LogP contribution in [0.3, 0.4) is 0 Å². The maximum Gasteiger partial charge on any atom is 0.305 e. The summed E-state index contributed by atoms with van der Waals surface area (Å²) in [6, 6.07) is 9.74. The highest BCUT2D eigenvalue weighted by atomic mass is 32.1. The summed E-state index contributed by atoms with van der Waals surface area (Å²) in [7, 11) is 1.35. The van der Waals surface area contributed by atoms with Gasteiger partial charge in [-0.05, 0) is 43.7 Å². The first-order chi connectivity index (χ1) is 13.9. The maximum atomic E-state index is 12.2. The molecule has 2 heterocycles. The predicted octanol–water partition coefficient (Wildman–Crippen LogP) is 4.78. The first-order valence-corrected chi connectivity index (χ1v) is 10.0. The van der Waals surface area contributed by atoms with Crippen molar-refractivity contribution in [1.82, 2.24) is 4.98 Å². The van der Waals surface area contributed by atoms with E-state index in [0.717, 1.165) is 22.4 Å². The molecular formula is C22H22N2O4S. The Labute approximate surface area is 173 Å². The monoisotopic (exact) mass is 410 g/mol. The number of aryl methyl sites for hydroxylation is 3. The minimum atomic E-state index is -0.292. The van der Waals surface area contributed by atoms with Gasteiger partial charge in [0.25, 0.3) is 0 Å². The average Bonchev–Trinajstić information content (AvgIpc) is 3.36. The molecule has 0 aliphatic heterocycles. The number of nitrogens with zero attached hydrogens (tertiary/aromatic N) is 1. The number of ether oxygens (including phenoxy) is 1. The van der Waals surface area contributed by atoms with Crippen molar-refractivity contribution in [1.29, 1.82) is 0 Å². The van der Waals surface area contributed by atoms with Gasteiger partial charge in [-0.25, -0.2) is 4.98 Å². The number of furan rings is 1. The number of hydrogen-bond acceptors (Lipinski definition) is 6. The van der Waals surface area contributed by atoms with E-state index in [1.165, 1.54) is 24.5 Å². The molecule has 0 aliphatic carbocycles. The smallest absolute Gasteiger partial charge is 0.305 e. The Hall–Kier alpha value is -3.19. The lowest BCUT2D eigenvalue weighted by Gasteiger charge is -2.03. The number of carbonyl (C=O) groups is 2. The third-order valence-electron chi connectivity index (χ3n) is 4.29. The van der Waals surface area contributed by atoms with E-state index in [4.69, 9.17) is 4.42 Å². The molecule has 2 aromatic heterocycles. The van der Waals surface area contributed by atoms with E-state index in [1.807, 2.05) is 19.2 Å². The van der Waals surface area contributed by atoms with Crippen molar-refractivity contribution >= 4 is 34.4 Å². The fraction of sp³-hybridized carbons (Fsp3) is 0.227. The standard InChI is InChI=1S/C22H22N2O4S/c1-14-4-5-15(2)18(12-14)19-13-29-22(23-19)24-20(25)10-8-16-6-7-17(28-16)9-11-21(26)27-3/h4-8,10,12-13H,9,11H2,1-3H3,(H,23,24,25)/b10-8+. The van der Waals surface area contributed by atoms with E-state index >= 15 is 0 Å². The van der Waals surface area contributed by atoms with E-state index in [9.17, 15) is 9.59 Å². The summed E-state index contributed by atoms with van der Waals surface area (Å²) < 4.78 is 10.2. The topological polar surface area (TPSA) is 81.4 Å². The molecule has 1 aromatic carbocycles. The molecular weight excluding hydrogens is 388 g/mol. The molecule has 0 unspecified atom stereocenters. The molecule has 3 rings (SSSR count). The normalized spacial score (nSPS) is 11.0. The second-order valence-electron chi connectivity index (χ2n) is 6.56. The van der Waals surface area contributed by atoms with Crippen LogP contribution >= 0.6 is 11.3 Å². The zero-order valence-electron chi connectivity index (χ0n) is 16.5. The molecule has 29 heavy (non-hydrogen) atoms. The number of thiazole rings is 1. The van der Waals surface area contributed by atoms with Crippen LogP contribution in [0, 0.1) is 13.8 Å². The van der Waals surface area contributed by atoms with Crippen molar-refractivity contribution < 1.29 is 18.7 Å². The van der Waals surface area contributed by atoms with Crippen LogP contribution in [0.25, 0.3) is 17.3 Å². The second-order valence-corrected chi connectivity index (χ2v) is 7.42. The minimum Gasteiger partial charge on any atom is -0.469 e. The van der Waals surface area contributed by atoms with Crippen molar-refractivity contribution in [3.05, 3.63) is 64.4 Å². The van der Waals surface area contributed by atoms with Gasteiger partial charge in [-0.3, -0.25) is 14.9 Å². The second kappa shape index (κ2) is 9.34. The number of esters is 1. The lowest BCUT2D eigenvalue weighted by atomic mass is 10.0. The van der Waals surface area contributed by atoms with E-state index < -0.39 is 0 Å². The number of aromatic nitrogens is 1. The SMILES string of the molecule is COC(=O)CCc1ccc(/C=C/C(=O)Nc2nc(-c3cc(C)ccc3C)cs2)o1. The Kier molecular flexibility index (Phi) is 6.61. The molecule has 0 fully saturated rings. The van der Waals surface area contributed by atoms with Crippen LogP contribution in [0.1, 0.15) is 29.1 Å². The quantitative estimate of drug-likeness (QED) is 0.448. The van der Waals surface area contributed by atoms with E-state index in [-0.39, 0.29) is 18.3 Å². The fourth-order valence-corrected chi connectivity index (χ4v) is 3.43. The highest BCUT2D eigenvalue weighted by molar-refractivity contribution is 7.14. The molecule has 1 amide bonds. The molecule has 3 aromatic rings. The molecule has 0 radical (unpaired) electrons. The molecule has 150 valence electrons. The van der Waals surface area contributed by atoms with E-state index in [1.54, 1.807) is 18.2 Å². The largest absolute Gasteiger partial charge is 0.469 e. The Morgan fingerprint density at radius 2 is 2.07 bits per heavy atom. The summed E-state index contributed by atoms with van der Waals surface area (Å²) in [5, 5.41) is 5.24. The highest BCUT2D eigenvalue weighted by Crippen LogP contribution is 2.28. The van der Waals surface area contributed by atoms with Gasteiger partial charge in [0, 0.05) is 23.4 Å². The lowest BCUT2D eigenvalue weighted by Crippen LogP contribution is -2.07. The third kappa shape index (κ3) is 5.65. The lowest BCUT2D eigenvalue weighted by molar-refractivity contribution is -0.140. The van der Waals surface area contributed by atoms with Gasteiger partial charge in [0.05, 0.1) is 19.2 Å². The van der Waals surface area contributed by atoms with Crippen LogP contribution in [0.4, 0.5) is 5.13 Å². The molecule has 7 heteroatoms. The van der Waals surface area contributed by atoms with Gasteiger partial charge in [-0.2, -0.15) is 0 Å². The number of nitrogens with one attached hydrogen (secondary N) is 1.